The fourth-order valence-electron chi connectivity index (χ4n) is 3.28. The molecule has 4 nitrogen and oxygen atoms in total. The smallest absolute Gasteiger partial charge is 0.240 e. The highest BCUT2D eigenvalue weighted by molar-refractivity contribution is 5.86. The summed E-state index contributed by atoms with van der Waals surface area (Å²) in [6.07, 6.45) is 7.42. The van der Waals surface area contributed by atoms with Crippen molar-refractivity contribution >= 4 is 5.91 Å². The second-order valence-electron chi connectivity index (χ2n) is 6.46. The molecule has 0 radical (unpaired) electrons. The lowest BCUT2D eigenvalue weighted by molar-refractivity contribution is -0.127. The maximum absolute atomic E-state index is 12.1. The van der Waals surface area contributed by atoms with Crippen LogP contribution >= 0.6 is 0 Å². The second kappa shape index (κ2) is 5.17. The van der Waals surface area contributed by atoms with Crippen molar-refractivity contribution in [2.45, 2.75) is 69.9 Å². The first kappa shape index (κ1) is 13.8. The standard InChI is InChI=1S/C14H26N2O2/c1-13(7-3-2-6-11(13)17)10-16-12(18)14(15)8-4-5-9-14/h11,17H,2-10,15H2,1H3,(H,16,18). The van der Waals surface area contributed by atoms with Gasteiger partial charge < -0.3 is 16.2 Å². The van der Waals surface area contributed by atoms with Gasteiger partial charge in [0.2, 0.25) is 5.91 Å². The summed E-state index contributed by atoms with van der Waals surface area (Å²) in [5.41, 5.74) is 5.29. The van der Waals surface area contributed by atoms with E-state index < -0.39 is 5.54 Å². The van der Waals surface area contributed by atoms with Crippen molar-refractivity contribution in [3.05, 3.63) is 0 Å². The third kappa shape index (κ3) is 2.69. The molecule has 1 amide bonds. The molecule has 0 heterocycles. The van der Waals surface area contributed by atoms with Gasteiger partial charge in [-0.05, 0) is 25.7 Å². The minimum atomic E-state index is -0.657. The summed E-state index contributed by atoms with van der Waals surface area (Å²) in [4.78, 5) is 12.1. The summed E-state index contributed by atoms with van der Waals surface area (Å²) in [6, 6.07) is 0. The van der Waals surface area contributed by atoms with Crippen LogP contribution in [0.15, 0.2) is 0 Å². The minimum Gasteiger partial charge on any atom is -0.392 e. The molecule has 2 fully saturated rings. The van der Waals surface area contributed by atoms with Gasteiger partial charge in [0.15, 0.2) is 0 Å². The molecule has 2 aliphatic carbocycles. The van der Waals surface area contributed by atoms with Crippen molar-refractivity contribution in [1.82, 2.24) is 5.32 Å². The van der Waals surface area contributed by atoms with Crippen LogP contribution < -0.4 is 11.1 Å². The van der Waals surface area contributed by atoms with Gasteiger partial charge in [0.25, 0.3) is 0 Å². The van der Waals surface area contributed by atoms with E-state index in [2.05, 4.69) is 12.2 Å². The molecule has 0 aromatic heterocycles. The molecule has 2 atom stereocenters. The number of hydrogen-bond donors (Lipinski definition) is 3. The zero-order chi connectivity index (χ0) is 13.2. The zero-order valence-electron chi connectivity index (χ0n) is 11.4. The van der Waals surface area contributed by atoms with Crippen molar-refractivity contribution in [3.8, 4) is 0 Å². The first-order valence-corrected chi connectivity index (χ1v) is 7.22. The van der Waals surface area contributed by atoms with E-state index in [4.69, 9.17) is 5.73 Å². The summed E-state index contributed by atoms with van der Waals surface area (Å²) in [6.45, 7) is 2.61. The Morgan fingerprint density at radius 1 is 1.28 bits per heavy atom. The second-order valence-corrected chi connectivity index (χ2v) is 6.46. The molecule has 4 N–H and O–H groups in total. The highest BCUT2D eigenvalue weighted by Gasteiger charge is 2.40. The van der Waals surface area contributed by atoms with Gasteiger partial charge in [0, 0.05) is 12.0 Å². The SMILES string of the molecule is CC1(CNC(=O)C2(N)CCCC2)CCCCC1O. The highest BCUT2D eigenvalue weighted by Crippen LogP contribution is 2.36. The first-order chi connectivity index (χ1) is 8.46. The van der Waals surface area contributed by atoms with Crippen LogP contribution in [0.5, 0.6) is 0 Å². The molecular weight excluding hydrogens is 228 g/mol. The third-order valence-electron chi connectivity index (χ3n) is 4.88. The Balaban J connectivity index is 1.88. The maximum Gasteiger partial charge on any atom is 0.240 e. The van der Waals surface area contributed by atoms with Crippen molar-refractivity contribution in [3.63, 3.8) is 0 Å². The van der Waals surface area contributed by atoms with Crippen LogP contribution in [0.1, 0.15) is 58.3 Å². The van der Waals surface area contributed by atoms with Crippen LogP contribution in [-0.4, -0.2) is 29.2 Å². The molecule has 2 aliphatic rings. The predicted molar refractivity (Wildman–Crippen MR) is 71.0 cm³/mol. The van der Waals surface area contributed by atoms with E-state index in [0.717, 1.165) is 51.4 Å². The molecule has 104 valence electrons. The molecule has 0 saturated heterocycles. The Kier molecular flexibility index (Phi) is 3.97. The molecule has 2 saturated carbocycles. The summed E-state index contributed by atoms with van der Waals surface area (Å²) in [5, 5.41) is 13.1. The molecular formula is C14H26N2O2. The zero-order valence-corrected chi connectivity index (χ0v) is 11.4. The largest absolute Gasteiger partial charge is 0.392 e. The Labute approximate surface area is 109 Å². The Hall–Kier alpha value is -0.610. The third-order valence-corrected chi connectivity index (χ3v) is 4.88. The molecule has 0 aliphatic heterocycles. The van der Waals surface area contributed by atoms with Crippen LogP contribution in [0.25, 0.3) is 0 Å². The van der Waals surface area contributed by atoms with Gasteiger partial charge in [-0.25, -0.2) is 0 Å². The molecule has 0 spiro atoms. The lowest BCUT2D eigenvalue weighted by Gasteiger charge is -2.39. The van der Waals surface area contributed by atoms with Crippen LogP contribution in [0.2, 0.25) is 0 Å². The van der Waals surface area contributed by atoms with Gasteiger partial charge in [-0.2, -0.15) is 0 Å². The molecule has 0 bridgehead atoms. The molecule has 2 rings (SSSR count). The predicted octanol–water partition coefficient (Wildman–Crippen LogP) is 1.32. The minimum absolute atomic E-state index is 0.0287. The van der Waals surface area contributed by atoms with Gasteiger partial charge in [-0.1, -0.05) is 32.6 Å². The lowest BCUT2D eigenvalue weighted by atomic mass is 9.73. The lowest BCUT2D eigenvalue weighted by Crippen LogP contribution is -2.55. The van der Waals surface area contributed by atoms with Gasteiger partial charge in [-0.3, -0.25) is 4.79 Å². The molecule has 18 heavy (non-hydrogen) atoms. The number of nitrogens with two attached hydrogens (primary N) is 1. The number of nitrogens with one attached hydrogen (secondary N) is 1. The van der Waals surface area contributed by atoms with E-state index in [9.17, 15) is 9.90 Å². The van der Waals surface area contributed by atoms with Crippen molar-refractivity contribution in [2.75, 3.05) is 6.54 Å². The molecule has 2 unspecified atom stereocenters. The fraction of sp³-hybridized carbons (Fsp3) is 0.929. The fourth-order valence-corrected chi connectivity index (χ4v) is 3.28. The number of carbonyl (C=O) groups is 1. The van der Waals surface area contributed by atoms with Gasteiger partial charge in [-0.15, -0.1) is 0 Å². The highest BCUT2D eigenvalue weighted by atomic mass is 16.3. The molecule has 0 aromatic carbocycles. The average molecular weight is 254 g/mol. The summed E-state index contributed by atoms with van der Waals surface area (Å²) in [7, 11) is 0. The van der Waals surface area contributed by atoms with E-state index in [0.29, 0.717) is 6.54 Å². The van der Waals surface area contributed by atoms with E-state index in [-0.39, 0.29) is 17.4 Å². The maximum atomic E-state index is 12.1. The summed E-state index contributed by atoms with van der Waals surface area (Å²) < 4.78 is 0. The normalized spacial score (nSPS) is 35.4. The van der Waals surface area contributed by atoms with E-state index >= 15 is 0 Å². The number of hydrogen-bond acceptors (Lipinski definition) is 3. The number of aliphatic hydroxyl groups excluding tert-OH is 1. The quantitative estimate of drug-likeness (QED) is 0.711. The van der Waals surface area contributed by atoms with Crippen molar-refractivity contribution in [1.29, 1.82) is 0 Å². The number of carbonyl (C=O) groups excluding carboxylic acids is 1. The molecule has 4 heteroatoms. The van der Waals surface area contributed by atoms with E-state index in [1.807, 2.05) is 0 Å². The van der Waals surface area contributed by atoms with Gasteiger partial charge in [0.1, 0.15) is 0 Å². The van der Waals surface area contributed by atoms with Crippen molar-refractivity contribution in [2.24, 2.45) is 11.1 Å². The first-order valence-electron chi connectivity index (χ1n) is 7.22. The summed E-state index contributed by atoms with van der Waals surface area (Å²) in [5.74, 6) is -0.0287. The van der Waals surface area contributed by atoms with E-state index in [1.54, 1.807) is 0 Å². The van der Waals surface area contributed by atoms with Crippen LogP contribution in [0.3, 0.4) is 0 Å². The Morgan fingerprint density at radius 2 is 1.89 bits per heavy atom. The molecule has 0 aromatic rings. The Morgan fingerprint density at radius 3 is 2.50 bits per heavy atom. The van der Waals surface area contributed by atoms with Crippen LogP contribution in [0, 0.1) is 5.41 Å². The van der Waals surface area contributed by atoms with Crippen molar-refractivity contribution < 1.29 is 9.90 Å². The number of amides is 1. The Bertz CT molecular complexity index is 313. The van der Waals surface area contributed by atoms with Gasteiger partial charge >= 0.3 is 0 Å². The number of aliphatic hydroxyl groups is 1. The van der Waals surface area contributed by atoms with Gasteiger partial charge in [0.05, 0.1) is 11.6 Å². The average Bonchev–Trinajstić information content (AvgIpc) is 2.79. The number of rotatable bonds is 3. The monoisotopic (exact) mass is 254 g/mol. The van der Waals surface area contributed by atoms with Crippen LogP contribution in [-0.2, 0) is 4.79 Å². The topological polar surface area (TPSA) is 75.4 Å². The summed E-state index contributed by atoms with van der Waals surface area (Å²) >= 11 is 0. The van der Waals surface area contributed by atoms with Crippen LogP contribution in [0.4, 0.5) is 0 Å². The van der Waals surface area contributed by atoms with E-state index in [1.165, 1.54) is 0 Å².